The van der Waals surface area contributed by atoms with Crippen molar-refractivity contribution in [1.82, 2.24) is 14.5 Å². The number of rotatable bonds is 4. The van der Waals surface area contributed by atoms with Gasteiger partial charge < -0.3 is 5.32 Å². The van der Waals surface area contributed by atoms with Gasteiger partial charge >= 0.3 is 0 Å². The van der Waals surface area contributed by atoms with Crippen LogP contribution in [0.3, 0.4) is 0 Å². The third kappa shape index (κ3) is 5.10. The number of sulfonamides is 1. The number of hydrogen-bond donors (Lipinski definition) is 1. The Morgan fingerprint density at radius 2 is 1.73 bits per heavy atom. The molecule has 0 saturated carbocycles. The van der Waals surface area contributed by atoms with Gasteiger partial charge in [0.15, 0.2) is 0 Å². The molecule has 6 nitrogen and oxygen atoms in total. The maximum absolute atomic E-state index is 12.8. The molecule has 1 fully saturated rings. The molecule has 1 heterocycles. The van der Waals surface area contributed by atoms with Crippen LogP contribution in [-0.4, -0.2) is 61.3 Å². The monoisotopic (exact) mass is 421 g/mol. The van der Waals surface area contributed by atoms with E-state index in [1.165, 1.54) is 16.4 Å². The van der Waals surface area contributed by atoms with Gasteiger partial charge in [0, 0.05) is 36.7 Å². The molecule has 1 aliphatic heterocycles. The third-order valence-electron chi connectivity index (χ3n) is 4.21. The first-order valence-electron chi connectivity index (χ1n) is 8.43. The molecule has 1 atom stereocenters. The van der Waals surface area contributed by atoms with Crippen LogP contribution in [0.5, 0.6) is 0 Å². The number of nitrogens with zero attached hydrogens (tertiary/aromatic N) is 2. The van der Waals surface area contributed by atoms with E-state index in [1.54, 1.807) is 6.07 Å². The van der Waals surface area contributed by atoms with Gasteiger partial charge in [-0.1, -0.05) is 23.2 Å². The maximum Gasteiger partial charge on any atom is 0.244 e. The van der Waals surface area contributed by atoms with Crippen molar-refractivity contribution in [2.24, 2.45) is 0 Å². The predicted molar refractivity (Wildman–Crippen MR) is 104 cm³/mol. The summed E-state index contributed by atoms with van der Waals surface area (Å²) in [4.78, 5) is 14.3. The molecule has 1 saturated heterocycles. The first-order valence-corrected chi connectivity index (χ1v) is 10.6. The van der Waals surface area contributed by atoms with Crippen molar-refractivity contribution < 1.29 is 13.2 Å². The van der Waals surface area contributed by atoms with Gasteiger partial charge in [-0.15, -0.1) is 0 Å². The van der Waals surface area contributed by atoms with Crippen molar-refractivity contribution >= 4 is 39.1 Å². The molecule has 9 heteroatoms. The van der Waals surface area contributed by atoms with Gasteiger partial charge in [-0.2, -0.15) is 4.31 Å². The van der Waals surface area contributed by atoms with Gasteiger partial charge in [0.2, 0.25) is 15.9 Å². The van der Waals surface area contributed by atoms with E-state index in [9.17, 15) is 13.2 Å². The SMILES string of the molecule is C[C@H](C(=O)NC(C)(C)C)N1CCN(S(=O)(=O)c2cc(Cl)ccc2Cl)CC1. The van der Waals surface area contributed by atoms with E-state index in [2.05, 4.69) is 5.32 Å². The number of amides is 1. The second-order valence-electron chi connectivity index (χ2n) is 7.43. The highest BCUT2D eigenvalue weighted by Gasteiger charge is 2.33. The summed E-state index contributed by atoms with van der Waals surface area (Å²) < 4.78 is 27.1. The molecular weight excluding hydrogens is 397 g/mol. The van der Waals surface area contributed by atoms with Crippen molar-refractivity contribution in [3.63, 3.8) is 0 Å². The number of benzene rings is 1. The molecule has 0 unspecified atom stereocenters. The van der Waals surface area contributed by atoms with E-state index >= 15 is 0 Å². The van der Waals surface area contributed by atoms with Gasteiger partial charge in [-0.05, 0) is 45.9 Å². The molecule has 1 aromatic rings. The number of piperazine rings is 1. The van der Waals surface area contributed by atoms with Gasteiger partial charge in [0.1, 0.15) is 4.90 Å². The van der Waals surface area contributed by atoms with Gasteiger partial charge in [0.05, 0.1) is 11.1 Å². The summed E-state index contributed by atoms with van der Waals surface area (Å²) in [6.45, 7) is 9.13. The minimum absolute atomic E-state index is 0.0126. The summed E-state index contributed by atoms with van der Waals surface area (Å²) >= 11 is 12.0. The quantitative estimate of drug-likeness (QED) is 0.810. The van der Waals surface area contributed by atoms with Crippen LogP contribution in [0.25, 0.3) is 0 Å². The lowest BCUT2D eigenvalue weighted by atomic mass is 10.1. The van der Waals surface area contributed by atoms with Crippen LogP contribution < -0.4 is 5.32 Å². The zero-order valence-electron chi connectivity index (χ0n) is 15.4. The van der Waals surface area contributed by atoms with Gasteiger partial charge in [0.25, 0.3) is 0 Å². The molecular formula is C17H25Cl2N3O3S. The van der Waals surface area contributed by atoms with Crippen molar-refractivity contribution in [3.8, 4) is 0 Å². The summed E-state index contributed by atoms with van der Waals surface area (Å²) in [6, 6.07) is 4.07. The molecule has 0 radical (unpaired) electrons. The molecule has 1 aliphatic rings. The van der Waals surface area contributed by atoms with Crippen LogP contribution in [0.4, 0.5) is 0 Å². The van der Waals surface area contributed by atoms with Crippen LogP contribution >= 0.6 is 23.2 Å². The second kappa shape index (κ2) is 8.02. The third-order valence-corrected chi connectivity index (χ3v) is 6.82. The number of halogens is 2. The van der Waals surface area contributed by atoms with E-state index in [-0.39, 0.29) is 40.5 Å². The molecule has 1 amide bonds. The Kier molecular flexibility index (Phi) is 6.62. The lowest BCUT2D eigenvalue weighted by molar-refractivity contribution is -0.127. The summed E-state index contributed by atoms with van der Waals surface area (Å²) in [5, 5.41) is 3.42. The van der Waals surface area contributed by atoms with Crippen LogP contribution in [-0.2, 0) is 14.8 Å². The zero-order valence-corrected chi connectivity index (χ0v) is 17.7. The fraction of sp³-hybridized carbons (Fsp3) is 0.588. The molecule has 0 aromatic heterocycles. The maximum atomic E-state index is 12.8. The molecule has 26 heavy (non-hydrogen) atoms. The minimum Gasteiger partial charge on any atom is -0.350 e. The predicted octanol–water partition coefficient (Wildman–Crippen LogP) is 2.60. The van der Waals surface area contributed by atoms with E-state index in [0.29, 0.717) is 18.1 Å². The van der Waals surface area contributed by atoms with E-state index < -0.39 is 10.0 Å². The Balaban J connectivity index is 2.06. The van der Waals surface area contributed by atoms with Crippen molar-refractivity contribution in [2.45, 2.75) is 44.2 Å². The molecule has 1 aromatic carbocycles. The van der Waals surface area contributed by atoms with Gasteiger partial charge in [-0.25, -0.2) is 8.42 Å². The fourth-order valence-corrected chi connectivity index (χ4v) is 4.94. The van der Waals surface area contributed by atoms with Crippen LogP contribution in [0.1, 0.15) is 27.7 Å². The molecule has 146 valence electrons. The molecule has 0 bridgehead atoms. The first kappa shape index (κ1) is 21.4. The van der Waals surface area contributed by atoms with Crippen LogP contribution in [0, 0.1) is 0 Å². The Bertz CT molecular complexity index is 770. The van der Waals surface area contributed by atoms with Crippen molar-refractivity contribution in [3.05, 3.63) is 28.2 Å². The summed E-state index contributed by atoms with van der Waals surface area (Å²) in [6.07, 6.45) is 0. The van der Waals surface area contributed by atoms with E-state index in [1.807, 2.05) is 32.6 Å². The molecule has 0 aliphatic carbocycles. The Labute approximate surface area is 165 Å². The highest BCUT2D eigenvalue weighted by molar-refractivity contribution is 7.89. The number of nitrogens with one attached hydrogen (secondary N) is 1. The summed E-state index contributed by atoms with van der Waals surface area (Å²) in [7, 11) is -3.72. The average Bonchev–Trinajstić information content (AvgIpc) is 2.54. The first-order chi connectivity index (χ1) is 11.9. The highest BCUT2D eigenvalue weighted by atomic mass is 35.5. The van der Waals surface area contributed by atoms with Crippen LogP contribution in [0.15, 0.2) is 23.1 Å². The Morgan fingerprint density at radius 3 is 2.27 bits per heavy atom. The Hall–Kier alpha value is -0.860. The second-order valence-corrected chi connectivity index (χ2v) is 10.2. The average molecular weight is 422 g/mol. The molecule has 2 rings (SSSR count). The Morgan fingerprint density at radius 1 is 1.15 bits per heavy atom. The van der Waals surface area contributed by atoms with Crippen LogP contribution in [0.2, 0.25) is 10.0 Å². The smallest absolute Gasteiger partial charge is 0.244 e. The van der Waals surface area contributed by atoms with E-state index in [4.69, 9.17) is 23.2 Å². The normalized spacial score (nSPS) is 18.5. The number of hydrogen-bond acceptors (Lipinski definition) is 4. The van der Waals surface area contributed by atoms with Gasteiger partial charge in [-0.3, -0.25) is 9.69 Å². The van der Waals surface area contributed by atoms with Crippen molar-refractivity contribution in [2.75, 3.05) is 26.2 Å². The molecule has 0 spiro atoms. The standard InChI is InChI=1S/C17H25Cl2N3O3S/c1-12(16(23)20-17(2,3)4)21-7-9-22(10-8-21)26(24,25)15-11-13(18)5-6-14(15)19/h5-6,11-12H,7-10H2,1-4H3,(H,20,23)/t12-/m1/s1. The van der Waals surface area contributed by atoms with Crippen molar-refractivity contribution in [1.29, 1.82) is 0 Å². The largest absolute Gasteiger partial charge is 0.350 e. The lowest BCUT2D eigenvalue weighted by Crippen LogP contribution is -2.56. The summed E-state index contributed by atoms with van der Waals surface area (Å²) in [5.74, 6) is -0.0632. The fourth-order valence-electron chi connectivity index (χ4n) is 2.79. The summed E-state index contributed by atoms with van der Waals surface area (Å²) in [5.41, 5.74) is -0.306. The number of carbonyl (C=O) groups excluding carboxylic acids is 1. The topological polar surface area (TPSA) is 69.7 Å². The zero-order chi connectivity index (χ0) is 19.7. The molecule has 1 N–H and O–H groups in total. The lowest BCUT2D eigenvalue weighted by Gasteiger charge is -2.37. The number of carbonyl (C=O) groups is 1. The van der Waals surface area contributed by atoms with E-state index in [0.717, 1.165) is 0 Å². The minimum atomic E-state index is -3.72. The highest BCUT2D eigenvalue weighted by Crippen LogP contribution is 2.28.